The second kappa shape index (κ2) is 6.79. The zero-order valence-electron chi connectivity index (χ0n) is 11.7. The van der Waals surface area contributed by atoms with Crippen LogP contribution in [0.4, 0.5) is 17.7 Å². The van der Waals surface area contributed by atoms with Crippen molar-refractivity contribution in [3.05, 3.63) is 12.1 Å². The molecule has 0 rings (SSSR count). The van der Waals surface area contributed by atoms with Gasteiger partial charge in [-0.3, -0.25) is 0 Å². The van der Waals surface area contributed by atoms with Crippen LogP contribution in [0.2, 0.25) is 0 Å². The van der Waals surface area contributed by atoms with E-state index in [0.29, 0.717) is 0 Å². The zero-order chi connectivity index (χ0) is 14.1. The van der Waals surface area contributed by atoms with E-state index >= 15 is 0 Å². The first kappa shape index (κ1) is 20.8. The van der Waals surface area contributed by atoms with Crippen LogP contribution in [0.3, 0.4) is 0 Å². The van der Waals surface area contributed by atoms with Gasteiger partial charge in [0.25, 0.3) is 0 Å². The number of alkyl carbamates (subject to hydrolysis) is 1. The van der Waals surface area contributed by atoms with Crippen molar-refractivity contribution in [2.75, 3.05) is 0 Å². The molecule has 8 heteroatoms. The van der Waals surface area contributed by atoms with E-state index in [1.165, 1.54) is 13.8 Å². The van der Waals surface area contributed by atoms with Crippen LogP contribution in [0.1, 0.15) is 34.6 Å². The molecule has 0 saturated heterocycles. The molecule has 0 aromatic rings. The van der Waals surface area contributed by atoms with Crippen LogP contribution >= 0.6 is 0 Å². The number of hydrogen-bond acceptors (Lipinski definition) is 2. The number of nitrogens with one attached hydrogen (secondary N) is 1. The molecule has 0 aromatic heterocycles. The van der Waals surface area contributed by atoms with E-state index in [2.05, 4.69) is 11.9 Å². The van der Waals surface area contributed by atoms with Gasteiger partial charge in [0.1, 0.15) is 5.60 Å². The average molecular weight is 291 g/mol. The number of carbonyl (C=O) groups is 1. The smallest absolute Gasteiger partial charge is 0.445 e. The Bertz CT molecular complexity index is 324. The minimum atomic E-state index is -5.20. The third kappa shape index (κ3) is 7.83. The van der Waals surface area contributed by atoms with Crippen molar-refractivity contribution in [1.29, 1.82) is 0 Å². The summed E-state index contributed by atoms with van der Waals surface area (Å²) in [5.74, 6) is 0. The molecule has 1 N–H and O–H groups in total. The van der Waals surface area contributed by atoms with Gasteiger partial charge in [-0.05, 0) is 34.6 Å². The summed E-state index contributed by atoms with van der Waals surface area (Å²) in [4.78, 5) is 11.4. The predicted molar refractivity (Wildman–Crippen MR) is 61.7 cm³/mol. The maximum absolute atomic E-state index is 12.5. The van der Waals surface area contributed by atoms with Crippen LogP contribution in [0.25, 0.3) is 0 Å². The molecule has 0 saturated carbocycles. The van der Waals surface area contributed by atoms with Gasteiger partial charge in [0.15, 0.2) is 0 Å². The minimum absolute atomic E-state index is 0. The number of hydrogen-bond donors (Lipinski definition) is 1. The molecule has 0 aliphatic heterocycles. The average Bonchev–Trinajstić information content (AvgIpc) is 1.95. The van der Waals surface area contributed by atoms with Crippen LogP contribution in [0.5, 0.6) is 0 Å². The topological polar surface area (TPSA) is 38.3 Å². The maximum Gasteiger partial charge on any atom is 1.00 e. The van der Waals surface area contributed by atoms with Gasteiger partial charge >= 0.3 is 64.5 Å². The first-order valence-corrected chi connectivity index (χ1v) is 5.16. The van der Waals surface area contributed by atoms with Crippen molar-refractivity contribution in [2.24, 2.45) is 0 Å². The zero-order valence-corrected chi connectivity index (χ0v) is 14.9. The Morgan fingerprint density at radius 1 is 1.17 bits per heavy atom. The van der Waals surface area contributed by atoms with E-state index in [1.54, 1.807) is 20.8 Å². The molecule has 18 heavy (non-hydrogen) atoms. The molecule has 1 amide bonds. The third-order valence-electron chi connectivity index (χ3n) is 2.01. The van der Waals surface area contributed by atoms with Gasteiger partial charge in [-0.25, -0.2) is 4.79 Å². The van der Waals surface area contributed by atoms with Crippen molar-refractivity contribution in [1.82, 2.24) is 5.32 Å². The summed E-state index contributed by atoms with van der Waals surface area (Å²) < 4.78 is 42.4. The van der Waals surface area contributed by atoms with Gasteiger partial charge in [0.05, 0.1) is 0 Å². The van der Waals surface area contributed by atoms with E-state index in [1.807, 2.05) is 0 Å². The largest absolute Gasteiger partial charge is 1.00 e. The van der Waals surface area contributed by atoms with Crippen molar-refractivity contribution in [3.63, 3.8) is 0 Å². The molecular weight excluding hydrogens is 273 g/mol. The van der Waals surface area contributed by atoms with E-state index < -0.39 is 29.7 Å². The number of ether oxygens (including phenoxy) is 1. The molecule has 0 aromatic carbocycles. The van der Waals surface area contributed by atoms with Gasteiger partial charge in [-0.2, -0.15) is 0 Å². The van der Waals surface area contributed by atoms with Crippen molar-refractivity contribution in [2.45, 2.75) is 45.8 Å². The monoisotopic (exact) mass is 291 g/mol. The Balaban J connectivity index is 0. The molecule has 0 aliphatic rings. The summed E-state index contributed by atoms with van der Waals surface area (Å²) in [7, 11) is 0. The van der Waals surface area contributed by atoms with Gasteiger partial charge < -0.3 is 23.0 Å². The van der Waals surface area contributed by atoms with Gasteiger partial charge in [-0.15, -0.1) is 12.1 Å². The fourth-order valence-corrected chi connectivity index (χ4v) is 1.05. The second-order valence-corrected chi connectivity index (χ2v) is 5.35. The molecule has 100 valence electrons. The minimum Gasteiger partial charge on any atom is -0.445 e. The molecule has 0 unspecified atom stereocenters. The molecule has 3 nitrogen and oxygen atoms in total. The van der Waals surface area contributed by atoms with E-state index in [4.69, 9.17) is 4.74 Å². The standard InChI is InChI=1S/C10H18BF3NO2.K/c1-7(11(12,13)14)10(5,6)15-8(16)17-9(2,3)4;/h1H2,2-6H3,(H,15,16);/q-1;+1. The summed E-state index contributed by atoms with van der Waals surface area (Å²) in [5, 5.41) is 2.15. The summed E-state index contributed by atoms with van der Waals surface area (Å²) in [6.45, 7) is 5.12. The summed E-state index contributed by atoms with van der Waals surface area (Å²) in [6.07, 6.45) is -0.899. The molecule has 0 fully saturated rings. The first-order chi connectivity index (χ1) is 7.26. The first-order valence-electron chi connectivity index (χ1n) is 5.16. The molecular formula is C10H18BF3KNO2. The van der Waals surface area contributed by atoms with E-state index in [-0.39, 0.29) is 51.4 Å². The van der Waals surface area contributed by atoms with E-state index in [9.17, 15) is 17.7 Å². The van der Waals surface area contributed by atoms with Crippen LogP contribution < -0.4 is 56.7 Å². The van der Waals surface area contributed by atoms with Crippen LogP contribution in [-0.4, -0.2) is 24.2 Å². The van der Waals surface area contributed by atoms with Gasteiger partial charge in [0.2, 0.25) is 0 Å². The molecule has 0 heterocycles. The van der Waals surface area contributed by atoms with Crippen LogP contribution in [-0.2, 0) is 4.74 Å². The summed E-state index contributed by atoms with van der Waals surface area (Å²) in [5.41, 5.74) is -3.31. The number of halogens is 3. The number of rotatable bonds is 3. The van der Waals surface area contributed by atoms with Crippen molar-refractivity contribution in [3.8, 4) is 0 Å². The molecule has 0 spiro atoms. The van der Waals surface area contributed by atoms with Gasteiger partial charge in [0, 0.05) is 5.54 Å². The quantitative estimate of drug-likeness (QED) is 0.756. The van der Waals surface area contributed by atoms with Crippen molar-refractivity contribution >= 4 is 13.1 Å². The fourth-order valence-electron chi connectivity index (χ4n) is 1.05. The fraction of sp³-hybridized carbons (Fsp3) is 0.700. The Morgan fingerprint density at radius 2 is 1.56 bits per heavy atom. The third-order valence-corrected chi connectivity index (χ3v) is 2.01. The van der Waals surface area contributed by atoms with E-state index in [0.717, 1.165) is 0 Å². The second-order valence-electron chi connectivity index (χ2n) is 5.35. The van der Waals surface area contributed by atoms with Crippen LogP contribution in [0.15, 0.2) is 12.1 Å². The van der Waals surface area contributed by atoms with Crippen LogP contribution in [0, 0.1) is 0 Å². The van der Waals surface area contributed by atoms with Gasteiger partial charge in [-0.1, -0.05) is 0 Å². The molecule has 0 bridgehead atoms. The Morgan fingerprint density at radius 3 is 1.83 bits per heavy atom. The predicted octanol–water partition coefficient (Wildman–Crippen LogP) is 0.237. The van der Waals surface area contributed by atoms with Crippen molar-refractivity contribution < 1.29 is 73.9 Å². The molecule has 0 atom stereocenters. The summed E-state index contributed by atoms with van der Waals surface area (Å²) in [6, 6.07) is 0. The number of carbonyl (C=O) groups excluding carboxylic acids is 1. The SMILES string of the molecule is C=C([B-](F)(F)F)C(C)(C)NC(=O)OC(C)(C)C.[K+]. The maximum atomic E-state index is 12.5. The Labute approximate surface area is 148 Å². The normalized spacial score (nSPS) is 12.4. The Kier molecular flexibility index (Phi) is 7.85. The molecule has 0 aliphatic carbocycles. The number of amides is 1. The Hall–Kier alpha value is 0.501. The summed E-state index contributed by atoms with van der Waals surface area (Å²) >= 11 is 0. The molecule has 0 radical (unpaired) electrons.